The minimum absolute atomic E-state index is 0.349. The van der Waals surface area contributed by atoms with Crippen molar-refractivity contribution in [2.75, 3.05) is 13.1 Å². The SMILES string of the molecule is IC(I)(I)CN1C=CCC1. The van der Waals surface area contributed by atoms with Gasteiger partial charge in [-0.1, -0.05) is 73.8 Å². The van der Waals surface area contributed by atoms with E-state index in [1.807, 2.05) is 0 Å². The maximum Gasteiger partial charge on any atom is 0.141 e. The molecule has 1 nitrogen and oxygen atoms in total. The van der Waals surface area contributed by atoms with Crippen molar-refractivity contribution in [1.82, 2.24) is 4.90 Å². The molecule has 0 unspecified atom stereocenters. The first kappa shape index (κ1) is 9.82. The van der Waals surface area contributed by atoms with Gasteiger partial charge in [0.1, 0.15) is -0.565 Å². The van der Waals surface area contributed by atoms with Crippen molar-refractivity contribution in [2.45, 2.75) is 5.86 Å². The molecule has 0 amide bonds. The molecule has 1 heterocycles. The van der Waals surface area contributed by atoms with Crippen molar-refractivity contribution in [1.29, 1.82) is 0 Å². The normalized spacial score (nSPS) is 18.5. The molecule has 0 aromatic carbocycles. The van der Waals surface area contributed by atoms with Crippen LogP contribution in [-0.4, -0.2) is 17.4 Å². The first-order valence-corrected chi connectivity index (χ1v) is 6.29. The monoisotopic (exact) mass is 475 g/mol. The third kappa shape index (κ3) is 3.93. The molecule has 0 saturated carbocycles. The molecule has 1 aliphatic heterocycles. The highest BCUT2D eigenvalue weighted by Crippen LogP contribution is 2.36. The topological polar surface area (TPSA) is 3.24 Å². The fourth-order valence-electron chi connectivity index (χ4n) is 0.901. The van der Waals surface area contributed by atoms with Crippen LogP contribution in [0.5, 0.6) is 0 Å². The molecule has 0 aromatic rings. The van der Waals surface area contributed by atoms with Crippen LogP contribution in [0.25, 0.3) is 0 Å². The Balaban J connectivity index is 2.31. The Kier molecular flexibility index (Phi) is 4.03. The molecule has 58 valence electrons. The summed E-state index contributed by atoms with van der Waals surface area (Å²) in [5.41, 5.74) is 0. The molecule has 0 fully saturated rings. The fraction of sp³-hybridized carbons (Fsp3) is 0.667. The van der Waals surface area contributed by atoms with Crippen LogP contribution in [0.2, 0.25) is 0 Å². The van der Waals surface area contributed by atoms with Crippen molar-refractivity contribution in [3.8, 4) is 0 Å². The number of rotatable bonds is 2. The zero-order valence-corrected chi connectivity index (χ0v) is 11.8. The van der Waals surface area contributed by atoms with E-state index in [1.54, 1.807) is 0 Å². The largest absolute Gasteiger partial charge is 0.374 e. The Morgan fingerprint density at radius 1 is 1.40 bits per heavy atom. The summed E-state index contributed by atoms with van der Waals surface area (Å²) in [5, 5.41) is 0. The maximum atomic E-state index is 2.46. The summed E-state index contributed by atoms with van der Waals surface area (Å²) in [6, 6.07) is 0. The van der Waals surface area contributed by atoms with Gasteiger partial charge in [0.2, 0.25) is 0 Å². The quantitative estimate of drug-likeness (QED) is 0.439. The van der Waals surface area contributed by atoms with E-state index in [1.165, 1.54) is 13.0 Å². The first-order chi connectivity index (χ1) is 4.58. The van der Waals surface area contributed by atoms with E-state index in [0.29, 0.717) is -0.565 Å². The van der Waals surface area contributed by atoms with E-state index >= 15 is 0 Å². The molecule has 10 heavy (non-hydrogen) atoms. The number of halogens is 3. The number of nitrogens with zero attached hydrogens (tertiary/aromatic N) is 1. The lowest BCUT2D eigenvalue weighted by atomic mass is 10.5. The summed E-state index contributed by atoms with van der Waals surface area (Å²) in [6.45, 7) is 2.35. The number of hydrogen-bond acceptors (Lipinski definition) is 1. The summed E-state index contributed by atoms with van der Waals surface area (Å²) in [5.74, 6) is 0. The highest BCUT2D eigenvalue weighted by Gasteiger charge is 2.20. The Labute approximate surface area is 102 Å². The molecule has 0 spiro atoms. The van der Waals surface area contributed by atoms with Crippen LogP contribution in [0.1, 0.15) is 6.42 Å². The van der Waals surface area contributed by atoms with E-state index < -0.39 is 0 Å². The molecular weight excluding hydrogens is 467 g/mol. The van der Waals surface area contributed by atoms with Gasteiger partial charge in [0.05, 0.1) is 6.54 Å². The second-order valence-electron chi connectivity index (χ2n) is 2.26. The van der Waals surface area contributed by atoms with Crippen molar-refractivity contribution in [2.24, 2.45) is 0 Å². The molecule has 0 aromatic heterocycles. The summed E-state index contributed by atoms with van der Waals surface area (Å²) in [7, 11) is 0. The highest BCUT2D eigenvalue weighted by molar-refractivity contribution is 14.3. The Hall–Kier alpha value is 1.73. The maximum absolute atomic E-state index is 2.46. The summed E-state index contributed by atoms with van der Waals surface area (Å²) in [6.07, 6.45) is 5.65. The van der Waals surface area contributed by atoms with Crippen molar-refractivity contribution < 1.29 is 0 Å². The molecule has 0 saturated heterocycles. The van der Waals surface area contributed by atoms with Gasteiger partial charge in [0.15, 0.2) is 0 Å². The van der Waals surface area contributed by atoms with Crippen LogP contribution < -0.4 is 0 Å². The van der Waals surface area contributed by atoms with Gasteiger partial charge >= 0.3 is 0 Å². The lowest BCUT2D eigenvalue weighted by Gasteiger charge is -2.21. The Bertz CT molecular complexity index is 138. The van der Waals surface area contributed by atoms with Crippen molar-refractivity contribution in [3.05, 3.63) is 12.3 Å². The Morgan fingerprint density at radius 3 is 2.50 bits per heavy atom. The van der Waals surface area contributed by atoms with Crippen LogP contribution in [-0.2, 0) is 0 Å². The summed E-state index contributed by atoms with van der Waals surface area (Å²) in [4.78, 5) is 2.37. The number of hydrogen-bond donors (Lipinski definition) is 0. The molecule has 0 N–H and O–H groups in total. The van der Waals surface area contributed by atoms with Gasteiger partial charge in [-0.15, -0.1) is 0 Å². The molecule has 1 rings (SSSR count). The fourth-order valence-corrected chi connectivity index (χ4v) is 2.22. The van der Waals surface area contributed by atoms with E-state index in [-0.39, 0.29) is 0 Å². The van der Waals surface area contributed by atoms with E-state index in [2.05, 4.69) is 84.9 Å². The van der Waals surface area contributed by atoms with E-state index in [0.717, 1.165) is 6.54 Å². The minimum Gasteiger partial charge on any atom is -0.374 e. The van der Waals surface area contributed by atoms with Gasteiger partial charge in [-0.3, -0.25) is 0 Å². The molecule has 0 atom stereocenters. The van der Waals surface area contributed by atoms with Crippen LogP contribution in [0, 0.1) is 0 Å². The molecule has 1 aliphatic rings. The Morgan fingerprint density at radius 2 is 2.10 bits per heavy atom. The zero-order valence-electron chi connectivity index (χ0n) is 5.36. The highest BCUT2D eigenvalue weighted by atomic mass is 127. The van der Waals surface area contributed by atoms with Crippen molar-refractivity contribution >= 4 is 67.8 Å². The summed E-state index contributed by atoms with van der Waals surface area (Å²) < 4.78 is 0.349. The predicted molar refractivity (Wildman–Crippen MR) is 70.1 cm³/mol. The smallest absolute Gasteiger partial charge is 0.141 e. The predicted octanol–water partition coefficient (Wildman–Crippen LogP) is 3.16. The van der Waals surface area contributed by atoms with Gasteiger partial charge in [0, 0.05) is 6.54 Å². The van der Waals surface area contributed by atoms with Gasteiger partial charge in [-0.05, 0) is 12.6 Å². The minimum atomic E-state index is 0.349. The van der Waals surface area contributed by atoms with E-state index in [4.69, 9.17) is 0 Å². The second kappa shape index (κ2) is 4.11. The lowest BCUT2D eigenvalue weighted by molar-refractivity contribution is 0.430. The van der Waals surface area contributed by atoms with Crippen LogP contribution in [0.4, 0.5) is 0 Å². The van der Waals surface area contributed by atoms with Gasteiger partial charge < -0.3 is 4.90 Å². The summed E-state index contributed by atoms with van der Waals surface area (Å²) >= 11 is 7.39. The van der Waals surface area contributed by atoms with Crippen LogP contribution in [0.15, 0.2) is 12.3 Å². The molecular formula is C6H8I3N. The van der Waals surface area contributed by atoms with Gasteiger partial charge in [-0.2, -0.15) is 0 Å². The molecule has 0 aliphatic carbocycles. The van der Waals surface area contributed by atoms with Crippen molar-refractivity contribution in [3.63, 3.8) is 0 Å². The van der Waals surface area contributed by atoms with Gasteiger partial charge in [-0.25, -0.2) is 0 Å². The van der Waals surface area contributed by atoms with E-state index in [9.17, 15) is 0 Å². The molecule has 0 radical (unpaired) electrons. The standard InChI is InChI=1S/C6H8I3N/c7-6(8,9)5-10-3-1-2-4-10/h1,3H,2,4-5H2. The lowest BCUT2D eigenvalue weighted by Crippen LogP contribution is -2.24. The second-order valence-corrected chi connectivity index (χ2v) is 14.0. The average Bonchev–Trinajstić information content (AvgIpc) is 2.12. The molecule has 4 heteroatoms. The van der Waals surface area contributed by atoms with Crippen LogP contribution in [0.3, 0.4) is 0 Å². The van der Waals surface area contributed by atoms with Crippen LogP contribution >= 0.6 is 67.8 Å². The third-order valence-corrected chi connectivity index (χ3v) is 2.30. The van der Waals surface area contributed by atoms with Gasteiger partial charge in [0.25, 0.3) is 0 Å². The average molecular weight is 475 g/mol. The molecule has 0 bridgehead atoms. The third-order valence-electron chi connectivity index (χ3n) is 1.28. The zero-order chi connectivity index (χ0) is 7.61. The number of alkyl halides is 3. The first-order valence-electron chi connectivity index (χ1n) is 3.05.